The van der Waals surface area contributed by atoms with E-state index in [-0.39, 0.29) is 6.04 Å². The predicted molar refractivity (Wildman–Crippen MR) is 114 cm³/mol. The minimum absolute atomic E-state index is 0.157. The zero-order valence-corrected chi connectivity index (χ0v) is 16.4. The number of carbonyl (C=O) groups is 1. The number of ether oxygens (including phenoxy) is 2. The van der Waals surface area contributed by atoms with Crippen molar-refractivity contribution in [1.82, 2.24) is 4.98 Å². The number of hydrogen-bond donors (Lipinski definition) is 3. The maximum atomic E-state index is 11.9. The number of methoxy groups -OCH3 is 2. The Morgan fingerprint density at radius 1 is 1.10 bits per heavy atom. The van der Waals surface area contributed by atoms with Gasteiger partial charge in [0.2, 0.25) is 0 Å². The van der Waals surface area contributed by atoms with Crippen LogP contribution < -0.4 is 21.1 Å². The lowest BCUT2D eigenvalue weighted by molar-refractivity contribution is 0.100. The Kier molecular flexibility index (Phi) is 6.65. The van der Waals surface area contributed by atoms with Crippen LogP contribution in [0.4, 0.5) is 17.2 Å². The molecule has 0 saturated heterocycles. The highest BCUT2D eigenvalue weighted by Crippen LogP contribution is 2.26. The third kappa shape index (κ3) is 5.24. The second-order valence-electron chi connectivity index (χ2n) is 6.40. The van der Waals surface area contributed by atoms with Gasteiger partial charge in [0.1, 0.15) is 11.6 Å². The summed E-state index contributed by atoms with van der Waals surface area (Å²) in [6.07, 6.45) is 1.46. The molecule has 0 aliphatic rings. The summed E-state index contributed by atoms with van der Waals surface area (Å²) in [5.74, 6) is 0.785. The van der Waals surface area contributed by atoms with Crippen LogP contribution >= 0.6 is 0 Å². The number of nitrogens with two attached hydrogens (primary N) is 1. The summed E-state index contributed by atoms with van der Waals surface area (Å²) in [5, 5.41) is 6.58. The average Bonchev–Trinajstić information content (AvgIpc) is 2.74. The molecule has 3 aromatic rings. The fourth-order valence-electron chi connectivity index (χ4n) is 2.92. The van der Waals surface area contributed by atoms with Crippen molar-refractivity contribution in [3.05, 3.63) is 78.0 Å². The first kappa shape index (κ1) is 20.2. The molecule has 1 atom stereocenters. The Morgan fingerprint density at radius 3 is 2.45 bits per heavy atom. The smallest absolute Gasteiger partial charge is 0.252 e. The lowest BCUT2D eigenvalue weighted by atomic mass is 10.1. The third-order valence-corrected chi connectivity index (χ3v) is 4.40. The van der Waals surface area contributed by atoms with Crippen molar-refractivity contribution in [3.8, 4) is 5.75 Å². The van der Waals surface area contributed by atoms with Gasteiger partial charge in [-0.2, -0.15) is 0 Å². The molecule has 150 valence electrons. The van der Waals surface area contributed by atoms with E-state index in [2.05, 4.69) is 15.6 Å². The van der Waals surface area contributed by atoms with Crippen LogP contribution in [0.3, 0.4) is 0 Å². The van der Waals surface area contributed by atoms with E-state index in [0.29, 0.717) is 23.7 Å². The van der Waals surface area contributed by atoms with Gasteiger partial charge in [0.05, 0.1) is 31.0 Å². The number of nitrogens with one attached hydrogen (secondary N) is 2. The van der Waals surface area contributed by atoms with Crippen LogP contribution in [0.2, 0.25) is 0 Å². The largest absolute Gasteiger partial charge is 0.497 e. The molecule has 0 radical (unpaired) electrons. The number of nitrogens with zero attached hydrogens (tertiary/aromatic N) is 1. The van der Waals surface area contributed by atoms with E-state index in [1.54, 1.807) is 20.3 Å². The van der Waals surface area contributed by atoms with Crippen molar-refractivity contribution >= 4 is 23.1 Å². The summed E-state index contributed by atoms with van der Waals surface area (Å²) >= 11 is 0. The standard InChI is InChI=1S/C22H24N4O3/c1-28-14-20(15-6-4-3-5-7-15)26-19-12-21(24-13-18(19)22(23)27)25-16-8-10-17(29-2)11-9-16/h3-13,20H,14H2,1-2H3,(H2,23,27)(H2,24,25,26). The first-order valence-electron chi connectivity index (χ1n) is 9.12. The van der Waals surface area contributed by atoms with Crippen LogP contribution in [0.25, 0.3) is 0 Å². The van der Waals surface area contributed by atoms with Gasteiger partial charge >= 0.3 is 0 Å². The normalized spacial score (nSPS) is 11.5. The van der Waals surface area contributed by atoms with Gasteiger partial charge in [-0.15, -0.1) is 0 Å². The molecule has 0 aliphatic heterocycles. The monoisotopic (exact) mass is 392 g/mol. The Hall–Kier alpha value is -3.58. The van der Waals surface area contributed by atoms with Gasteiger partial charge in [-0.05, 0) is 29.8 Å². The van der Waals surface area contributed by atoms with Gasteiger partial charge in [0.25, 0.3) is 5.91 Å². The second-order valence-corrected chi connectivity index (χ2v) is 6.40. The predicted octanol–water partition coefficient (Wildman–Crippen LogP) is 3.73. The summed E-state index contributed by atoms with van der Waals surface area (Å²) < 4.78 is 10.5. The molecule has 1 amide bonds. The maximum Gasteiger partial charge on any atom is 0.252 e. The first-order chi connectivity index (χ1) is 14.1. The number of primary amides is 1. The molecule has 7 heteroatoms. The van der Waals surface area contributed by atoms with Crippen molar-refractivity contribution in [2.45, 2.75) is 6.04 Å². The molecular weight excluding hydrogens is 368 g/mol. The molecule has 1 aromatic heterocycles. The van der Waals surface area contributed by atoms with Crippen LogP contribution in [0.15, 0.2) is 66.9 Å². The SMILES string of the molecule is COCC(Nc1cc(Nc2ccc(OC)cc2)ncc1C(N)=O)c1ccccc1. The molecule has 1 unspecified atom stereocenters. The number of pyridine rings is 1. The number of rotatable bonds is 9. The van der Waals surface area contributed by atoms with Crippen LogP contribution in [-0.4, -0.2) is 31.7 Å². The Bertz CT molecular complexity index is 946. The number of anilines is 3. The minimum atomic E-state index is -0.555. The summed E-state index contributed by atoms with van der Waals surface area (Å²) in [5.41, 5.74) is 8.31. The molecule has 1 heterocycles. The topological polar surface area (TPSA) is 98.5 Å². The fraction of sp³-hybridized carbons (Fsp3) is 0.182. The highest BCUT2D eigenvalue weighted by molar-refractivity contribution is 5.98. The first-order valence-corrected chi connectivity index (χ1v) is 9.12. The van der Waals surface area contributed by atoms with Gasteiger partial charge in [-0.25, -0.2) is 4.98 Å². The van der Waals surface area contributed by atoms with E-state index in [1.807, 2.05) is 54.6 Å². The molecule has 0 aliphatic carbocycles. The van der Waals surface area contributed by atoms with E-state index < -0.39 is 5.91 Å². The lowest BCUT2D eigenvalue weighted by Crippen LogP contribution is -2.20. The summed E-state index contributed by atoms with van der Waals surface area (Å²) in [7, 11) is 3.25. The molecule has 0 spiro atoms. The van der Waals surface area contributed by atoms with Gasteiger partial charge < -0.3 is 25.8 Å². The fourth-order valence-corrected chi connectivity index (χ4v) is 2.92. The number of benzene rings is 2. The molecule has 2 aromatic carbocycles. The molecule has 0 saturated carbocycles. The number of aromatic nitrogens is 1. The summed E-state index contributed by atoms with van der Waals surface area (Å²) in [6, 6.07) is 18.9. The average molecular weight is 392 g/mol. The Morgan fingerprint density at radius 2 is 1.83 bits per heavy atom. The van der Waals surface area contributed by atoms with Crippen molar-refractivity contribution in [1.29, 1.82) is 0 Å². The quantitative estimate of drug-likeness (QED) is 0.513. The second kappa shape index (κ2) is 9.57. The maximum absolute atomic E-state index is 11.9. The molecule has 7 nitrogen and oxygen atoms in total. The summed E-state index contributed by atoms with van der Waals surface area (Å²) in [6.45, 7) is 0.422. The van der Waals surface area contributed by atoms with Gasteiger partial charge in [-0.3, -0.25) is 4.79 Å². The lowest BCUT2D eigenvalue weighted by Gasteiger charge is -2.21. The van der Waals surface area contributed by atoms with E-state index in [9.17, 15) is 4.79 Å². The number of carbonyl (C=O) groups excluding carboxylic acids is 1. The highest BCUT2D eigenvalue weighted by Gasteiger charge is 2.16. The zero-order chi connectivity index (χ0) is 20.6. The Labute approximate surface area is 169 Å². The van der Waals surface area contributed by atoms with E-state index in [4.69, 9.17) is 15.2 Å². The summed E-state index contributed by atoms with van der Waals surface area (Å²) in [4.78, 5) is 16.2. The molecular formula is C22H24N4O3. The van der Waals surface area contributed by atoms with E-state index >= 15 is 0 Å². The highest BCUT2D eigenvalue weighted by atomic mass is 16.5. The number of hydrogen-bond acceptors (Lipinski definition) is 6. The van der Waals surface area contributed by atoms with E-state index in [1.165, 1.54) is 6.20 Å². The molecule has 0 bridgehead atoms. The van der Waals surface area contributed by atoms with Crippen molar-refractivity contribution in [2.24, 2.45) is 5.73 Å². The van der Waals surface area contributed by atoms with Gasteiger partial charge in [0.15, 0.2) is 0 Å². The van der Waals surface area contributed by atoms with Crippen LogP contribution in [0.1, 0.15) is 22.0 Å². The molecule has 3 rings (SSSR count). The van der Waals surface area contributed by atoms with Crippen molar-refractivity contribution in [3.63, 3.8) is 0 Å². The van der Waals surface area contributed by atoms with Crippen molar-refractivity contribution in [2.75, 3.05) is 31.5 Å². The molecule has 0 fully saturated rings. The molecule has 29 heavy (non-hydrogen) atoms. The third-order valence-electron chi connectivity index (χ3n) is 4.40. The van der Waals surface area contributed by atoms with Crippen molar-refractivity contribution < 1.29 is 14.3 Å². The van der Waals surface area contributed by atoms with Crippen LogP contribution in [0, 0.1) is 0 Å². The van der Waals surface area contributed by atoms with Gasteiger partial charge in [0, 0.05) is 25.1 Å². The zero-order valence-electron chi connectivity index (χ0n) is 16.4. The molecule has 4 N–H and O–H groups in total. The van der Waals surface area contributed by atoms with Gasteiger partial charge in [-0.1, -0.05) is 30.3 Å². The minimum Gasteiger partial charge on any atom is -0.497 e. The number of amides is 1. The van der Waals surface area contributed by atoms with Crippen LogP contribution in [0.5, 0.6) is 5.75 Å². The van der Waals surface area contributed by atoms with Crippen LogP contribution in [-0.2, 0) is 4.74 Å². The Balaban J connectivity index is 1.88. The van der Waals surface area contributed by atoms with E-state index in [0.717, 1.165) is 17.0 Å².